The molecule has 0 aromatic heterocycles. The van der Waals surface area contributed by atoms with Crippen LogP contribution in [0, 0.1) is 0 Å². The number of ether oxygens (including phenoxy) is 1. The minimum absolute atomic E-state index is 0.393. The topological polar surface area (TPSA) is 21.3 Å². The lowest BCUT2D eigenvalue weighted by molar-refractivity contribution is 0.375. The number of nitrogens with one attached hydrogen (secondary N) is 1. The van der Waals surface area contributed by atoms with Crippen LogP contribution in [0.3, 0.4) is 0 Å². The normalized spacial score (nSPS) is 14.5. The molecule has 1 N–H and O–H groups in total. The molecule has 13 heavy (non-hydrogen) atoms. The van der Waals surface area contributed by atoms with Crippen molar-refractivity contribution in [1.29, 1.82) is 0 Å². The molecule has 0 radical (unpaired) electrons. The summed E-state index contributed by atoms with van der Waals surface area (Å²) in [5.74, 6) is 0.665. The van der Waals surface area contributed by atoms with Crippen LogP contribution < -0.4 is 10.1 Å². The van der Waals surface area contributed by atoms with Gasteiger partial charge in [0.15, 0.2) is 5.75 Å². The van der Waals surface area contributed by atoms with Crippen molar-refractivity contribution in [3.63, 3.8) is 0 Å². The average Bonchev–Trinajstić information content (AvgIpc) is 2.02. The van der Waals surface area contributed by atoms with Crippen molar-refractivity contribution >= 4 is 50.4 Å². The number of hydrogen-bond donors (Lipinski definition) is 1. The zero-order chi connectivity index (χ0) is 9.42. The van der Waals surface area contributed by atoms with Gasteiger partial charge in [0.2, 0.25) is 0 Å². The zero-order valence-corrected chi connectivity index (χ0v) is 9.59. The number of hydrogen-bond acceptors (Lipinski definition) is 2. The molecule has 0 saturated carbocycles. The largest absolute Gasteiger partial charge is 0.483 e. The number of anilines is 1. The van der Waals surface area contributed by atoms with E-state index >= 15 is 0 Å². The monoisotopic (exact) mass is 277 g/mol. The van der Waals surface area contributed by atoms with E-state index in [4.69, 9.17) is 28.6 Å². The molecule has 0 fully saturated rings. The third-order valence-electron chi connectivity index (χ3n) is 1.63. The van der Waals surface area contributed by atoms with Crippen LogP contribution in [0.4, 0.5) is 5.69 Å². The van der Waals surface area contributed by atoms with E-state index < -0.39 is 0 Å². The molecule has 2 nitrogen and oxygen atoms in total. The average molecular weight is 279 g/mol. The van der Waals surface area contributed by atoms with Gasteiger partial charge in [-0.3, -0.25) is 0 Å². The molecule has 1 aliphatic rings. The molecule has 0 amide bonds. The number of fused-ring (bicyclic) bond motifs is 1. The lowest BCUT2D eigenvalue weighted by Gasteiger charge is -2.20. The van der Waals surface area contributed by atoms with Crippen LogP contribution in [0.15, 0.2) is 16.6 Å². The standard InChI is InChI=1S/C8H5BrClNOS/c9-4-1-5(10)8-6(2-4)11-7(13)3-12-8/h1-2H,3H2,(H,11,13). The third kappa shape index (κ3) is 1.80. The van der Waals surface area contributed by atoms with Crippen LogP contribution >= 0.6 is 39.7 Å². The van der Waals surface area contributed by atoms with Crippen molar-refractivity contribution in [2.75, 3.05) is 11.9 Å². The van der Waals surface area contributed by atoms with Gasteiger partial charge in [0, 0.05) is 4.47 Å². The Hall–Kier alpha value is -0.320. The van der Waals surface area contributed by atoms with Crippen molar-refractivity contribution in [2.24, 2.45) is 0 Å². The van der Waals surface area contributed by atoms with Crippen LogP contribution in [-0.2, 0) is 0 Å². The maximum atomic E-state index is 5.96. The van der Waals surface area contributed by atoms with Gasteiger partial charge in [-0.1, -0.05) is 39.7 Å². The Morgan fingerprint density at radius 1 is 1.54 bits per heavy atom. The van der Waals surface area contributed by atoms with E-state index in [-0.39, 0.29) is 0 Å². The molecule has 68 valence electrons. The molecule has 0 aliphatic carbocycles. The molecule has 1 aromatic carbocycles. The zero-order valence-electron chi connectivity index (χ0n) is 6.43. The Morgan fingerprint density at radius 3 is 3.08 bits per heavy atom. The van der Waals surface area contributed by atoms with Crippen molar-refractivity contribution in [2.45, 2.75) is 0 Å². The summed E-state index contributed by atoms with van der Waals surface area (Å²) in [6.45, 7) is 0.393. The first-order chi connectivity index (χ1) is 6.16. The first-order valence-corrected chi connectivity index (χ1v) is 5.16. The highest BCUT2D eigenvalue weighted by molar-refractivity contribution is 9.10. The molecule has 0 unspecified atom stereocenters. The van der Waals surface area contributed by atoms with Gasteiger partial charge in [0.1, 0.15) is 11.6 Å². The summed E-state index contributed by atoms with van der Waals surface area (Å²) in [6.07, 6.45) is 0. The highest BCUT2D eigenvalue weighted by atomic mass is 79.9. The van der Waals surface area contributed by atoms with Gasteiger partial charge in [-0.05, 0) is 12.1 Å². The van der Waals surface area contributed by atoms with E-state index in [1.165, 1.54) is 0 Å². The van der Waals surface area contributed by atoms with Gasteiger partial charge in [0.05, 0.1) is 10.7 Å². The van der Waals surface area contributed by atoms with Crippen molar-refractivity contribution in [1.82, 2.24) is 0 Å². The molecule has 0 bridgehead atoms. The Morgan fingerprint density at radius 2 is 2.31 bits per heavy atom. The highest BCUT2D eigenvalue weighted by Gasteiger charge is 2.16. The summed E-state index contributed by atoms with van der Waals surface area (Å²) in [4.78, 5) is 0.668. The predicted octanol–water partition coefficient (Wildman–Crippen LogP) is 3.23. The maximum Gasteiger partial charge on any atom is 0.162 e. The minimum Gasteiger partial charge on any atom is -0.483 e. The van der Waals surface area contributed by atoms with Crippen molar-refractivity contribution in [3.05, 3.63) is 21.6 Å². The smallest absolute Gasteiger partial charge is 0.162 e. The lowest BCUT2D eigenvalue weighted by atomic mass is 10.2. The third-order valence-corrected chi connectivity index (χ3v) is 2.59. The summed E-state index contributed by atoms with van der Waals surface area (Å²) in [6, 6.07) is 3.67. The molecule has 0 saturated heterocycles. The number of halogens is 2. The number of thiocarbonyl (C=S) groups is 1. The Labute approximate surface area is 94.3 Å². The van der Waals surface area contributed by atoms with E-state index in [0.29, 0.717) is 22.4 Å². The summed E-state index contributed by atoms with van der Waals surface area (Å²) in [5.41, 5.74) is 0.815. The summed E-state index contributed by atoms with van der Waals surface area (Å²) >= 11 is 14.3. The van der Waals surface area contributed by atoms with Crippen LogP contribution in [0.2, 0.25) is 5.02 Å². The second-order valence-electron chi connectivity index (χ2n) is 2.60. The van der Waals surface area contributed by atoms with Crippen molar-refractivity contribution < 1.29 is 4.74 Å². The molecule has 1 heterocycles. The molecule has 2 rings (SSSR count). The first-order valence-electron chi connectivity index (χ1n) is 3.58. The summed E-state index contributed by atoms with van der Waals surface area (Å²) in [5, 5.41) is 3.62. The van der Waals surface area contributed by atoms with E-state index in [1.807, 2.05) is 6.07 Å². The second-order valence-corrected chi connectivity index (χ2v) is 4.42. The molecule has 0 atom stereocenters. The maximum absolute atomic E-state index is 5.96. The Balaban J connectivity index is 2.53. The van der Waals surface area contributed by atoms with E-state index in [9.17, 15) is 0 Å². The summed E-state index contributed by atoms with van der Waals surface area (Å²) in [7, 11) is 0. The molecule has 5 heteroatoms. The first kappa shape index (κ1) is 9.24. The molecular formula is C8H5BrClNOS. The van der Waals surface area contributed by atoms with Gasteiger partial charge >= 0.3 is 0 Å². The Bertz CT molecular complexity index is 383. The fourth-order valence-corrected chi connectivity index (χ4v) is 2.16. The van der Waals surface area contributed by atoms with Crippen molar-refractivity contribution in [3.8, 4) is 5.75 Å². The minimum atomic E-state index is 0.393. The van der Waals surface area contributed by atoms with E-state index in [0.717, 1.165) is 10.2 Å². The fourth-order valence-electron chi connectivity index (χ4n) is 1.12. The molecule has 1 aromatic rings. The summed E-state index contributed by atoms with van der Waals surface area (Å²) < 4.78 is 6.27. The van der Waals surface area contributed by atoms with E-state index in [2.05, 4.69) is 21.2 Å². The molecule has 1 aliphatic heterocycles. The molecule has 0 spiro atoms. The number of rotatable bonds is 0. The van der Waals surface area contributed by atoms with E-state index in [1.54, 1.807) is 6.07 Å². The van der Waals surface area contributed by atoms with Gasteiger partial charge in [-0.15, -0.1) is 0 Å². The van der Waals surface area contributed by atoms with Crippen LogP contribution in [0.1, 0.15) is 0 Å². The predicted molar refractivity (Wildman–Crippen MR) is 60.9 cm³/mol. The Kier molecular flexibility index (Phi) is 2.45. The lowest BCUT2D eigenvalue weighted by Crippen LogP contribution is -2.23. The van der Waals surface area contributed by atoms with Gasteiger partial charge in [0.25, 0.3) is 0 Å². The van der Waals surface area contributed by atoms with Gasteiger partial charge < -0.3 is 10.1 Å². The highest BCUT2D eigenvalue weighted by Crippen LogP contribution is 2.38. The van der Waals surface area contributed by atoms with Crippen LogP contribution in [-0.4, -0.2) is 11.6 Å². The molecular weight excluding hydrogens is 274 g/mol. The SMILES string of the molecule is S=C1COc2c(Cl)cc(Br)cc2N1. The number of benzene rings is 1. The fraction of sp³-hybridized carbons (Fsp3) is 0.125. The van der Waals surface area contributed by atoms with Crippen LogP contribution in [0.25, 0.3) is 0 Å². The van der Waals surface area contributed by atoms with Gasteiger partial charge in [-0.2, -0.15) is 0 Å². The van der Waals surface area contributed by atoms with Gasteiger partial charge in [-0.25, -0.2) is 0 Å². The van der Waals surface area contributed by atoms with Crippen LogP contribution in [0.5, 0.6) is 5.75 Å². The second kappa shape index (κ2) is 3.44. The quantitative estimate of drug-likeness (QED) is 0.736.